The summed E-state index contributed by atoms with van der Waals surface area (Å²) in [5, 5.41) is 4.14. The van der Waals surface area contributed by atoms with Crippen LogP contribution in [0, 0.1) is 3.57 Å². The zero-order valence-corrected chi connectivity index (χ0v) is 12.5. The summed E-state index contributed by atoms with van der Waals surface area (Å²) in [6.07, 6.45) is 1.79. The zero-order valence-electron chi connectivity index (χ0n) is 10.3. The van der Waals surface area contributed by atoms with E-state index in [4.69, 9.17) is 0 Å². The van der Waals surface area contributed by atoms with E-state index in [0.29, 0.717) is 0 Å². The number of aromatic nitrogens is 3. The predicted molar refractivity (Wildman–Crippen MR) is 77.6 cm³/mol. The maximum absolute atomic E-state index is 12.2. The van der Waals surface area contributed by atoms with Crippen LogP contribution in [-0.2, 0) is 6.42 Å². The molecule has 0 saturated carbocycles. The summed E-state index contributed by atoms with van der Waals surface area (Å²) in [4.78, 5) is 16.4. The molecule has 0 bridgehead atoms. The lowest BCUT2D eigenvalue weighted by Crippen LogP contribution is -2.13. The SMILES string of the molecule is CC(C)n1ncnc1CC(=O)c1ccccc1I. The van der Waals surface area contributed by atoms with E-state index >= 15 is 0 Å². The van der Waals surface area contributed by atoms with Crippen LogP contribution in [0.15, 0.2) is 30.6 Å². The average Bonchev–Trinajstić information content (AvgIpc) is 2.77. The van der Waals surface area contributed by atoms with Gasteiger partial charge in [-0.1, -0.05) is 18.2 Å². The molecule has 0 spiro atoms. The van der Waals surface area contributed by atoms with E-state index in [0.717, 1.165) is 15.0 Å². The maximum Gasteiger partial charge on any atom is 0.171 e. The second kappa shape index (κ2) is 5.60. The first kappa shape index (κ1) is 13.2. The fourth-order valence-corrected chi connectivity index (χ4v) is 2.45. The highest BCUT2D eigenvalue weighted by molar-refractivity contribution is 14.1. The predicted octanol–water partition coefficient (Wildman–Crippen LogP) is 2.89. The summed E-state index contributed by atoms with van der Waals surface area (Å²) in [5.74, 6) is 0.796. The number of hydrogen-bond donors (Lipinski definition) is 0. The van der Waals surface area contributed by atoms with Gasteiger partial charge in [-0.3, -0.25) is 4.79 Å². The van der Waals surface area contributed by atoms with Crippen molar-refractivity contribution in [3.8, 4) is 0 Å². The molecule has 1 aromatic carbocycles. The Morgan fingerprint density at radius 2 is 2.11 bits per heavy atom. The Kier molecular flexibility index (Phi) is 4.11. The van der Waals surface area contributed by atoms with Crippen molar-refractivity contribution in [1.82, 2.24) is 14.8 Å². The summed E-state index contributed by atoms with van der Waals surface area (Å²) < 4.78 is 2.75. The molecule has 0 radical (unpaired) electrons. The van der Waals surface area contributed by atoms with Crippen molar-refractivity contribution in [3.05, 3.63) is 45.6 Å². The first-order chi connectivity index (χ1) is 8.59. The van der Waals surface area contributed by atoms with Crippen LogP contribution < -0.4 is 0 Å². The van der Waals surface area contributed by atoms with Crippen LogP contribution in [-0.4, -0.2) is 20.5 Å². The van der Waals surface area contributed by atoms with Crippen LogP contribution in [0.4, 0.5) is 0 Å². The molecule has 0 atom stereocenters. The van der Waals surface area contributed by atoms with Gasteiger partial charge in [0.25, 0.3) is 0 Å². The van der Waals surface area contributed by atoms with Gasteiger partial charge >= 0.3 is 0 Å². The summed E-state index contributed by atoms with van der Waals surface area (Å²) in [7, 11) is 0. The number of carbonyl (C=O) groups excluding carboxylic acids is 1. The molecule has 0 amide bonds. The van der Waals surface area contributed by atoms with Crippen LogP contribution in [0.1, 0.15) is 36.1 Å². The molecule has 0 aliphatic heterocycles. The van der Waals surface area contributed by atoms with Crippen molar-refractivity contribution >= 4 is 28.4 Å². The summed E-state index contributed by atoms with van der Waals surface area (Å²) in [6.45, 7) is 4.05. The lowest BCUT2D eigenvalue weighted by Gasteiger charge is -2.09. The average molecular weight is 355 g/mol. The van der Waals surface area contributed by atoms with E-state index < -0.39 is 0 Å². The Hall–Kier alpha value is -1.24. The molecule has 0 N–H and O–H groups in total. The zero-order chi connectivity index (χ0) is 13.1. The molecule has 1 aromatic heterocycles. The van der Waals surface area contributed by atoms with E-state index in [-0.39, 0.29) is 18.2 Å². The van der Waals surface area contributed by atoms with Gasteiger partial charge in [0.2, 0.25) is 0 Å². The number of Topliss-reactive ketones (excluding diaryl/α,β-unsaturated/α-hetero) is 1. The van der Waals surface area contributed by atoms with Crippen LogP contribution in [0.25, 0.3) is 0 Å². The van der Waals surface area contributed by atoms with Crippen molar-refractivity contribution in [2.45, 2.75) is 26.3 Å². The second-order valence-electron chi connectivity index (χ2n) is 4.29. The molecule has 18 heavy (non-hydrogen) atoms. The molecular weight excluding hydrogens is 341 g/mol. The minimum Gasteiger partial charge on any atom is -0.294 e. The van der Waals surface area contributed by atoms with Crippen LogP contribution in [0.5, 0.6) is 0 Å². The van der Waals surface area contributed by atoms with Gasteiger partial charge in [-0.25, -0.2) is 9.67 Å². The highest BCUT2D eigenvalue weighted by atomic mass is 127. The van der Waals surface area contributed by atoms with Crippen molar-refractivity contribution in [3.63, 3.8) is 0 Å². The van der Waals surface area contributed by atoms with Gasteiger partial charge in [-0.2, -0.15) is 5.10 Å². The molecular formula is C13H14IN3O. The van der Waals surface area contributed by atoms with Crippen molar-refractivity contribution in [2.24, 2.45) is 0 Å². The molecule has 2 aromatic rings. The minimum absolute atomic E-state index is 0.0786. The standard InChI is InChI=1S/C13H14IN3O/c1-9(2)17-13(15-8-16-17)7-12(18)10-5-3-4-6-11(10)14/h3-6,8-9H,7H2,1-2H3. The maximum atomic E-state index is 12.2. The van der Waals surface area contributed by atoms with E-state index in [2.05, 4.69) is 32.7 Å². The van der Waals surface area contributed by atoms with Crippen LogP contribution in [0.2, 0.25) is 0 Å². The van der Waals surface area contributed by atoms with Crippen LogP contribution >= 0.6 is 22.6 Å². The summed E-state index contributed by atoms with van der Waals surface area (Å²) >= 11 is 2.18. The number of ketones is 1. The van der Waals surface area contributed by atoms with Gasteiger partial charge < -0.3 is 0 Å². The normalized spacial score (nSPS) is 10.9. The van der Waals surface area contributed by atoms with Gasteiger partial charge in [0.05, 0.1) is 6.42 Å². The van der Waals surface area contributed by atoms with Crippen molar-refractivity contribution < 1.29 is 4.79 Å². The fourth-order valence-electron chi connectivity index (χ4n) is 1.76. The minimum atomic E-state index is 0.0786. The quantitative estimate of drug-likeness (QED) is 0.626. The lowest BCUT2D eigenvalue weighted by molar-refractivity contribution is 0.0988. The third kappa shape index (κ3) is 2.77. The third-order valence-corrected chi connectivity index (χ3v) is 3.57. The largest absolute Gasteiger partial charge is 0.294 e. The van der Waals surface area contributed by atoms with Gasteiger partial charge in [0.1, 0.15) is 12.2 Å². The Labute approximate surface area is 120 Å². The Morgan fingerprint density at radius 3 is 2.78 bits per heavy atom. The van der Waals surface area contributed by atoms with Gasteiger partial charge in [0, 0.05) is 15.2 Å². The summed E-state index contributed by atoms with van der Waals surface area (Å²) in [5.41, 5.74) is 0.747. The van der Waals surface area contributed by atoms with E-state index in [1.165, 1.54) is 6.33 Å². The Morgan fingerprint density at radius 1 is 1.39 bits per heavy atom. The molecule has 1 heterocycles. The molecule has 0 saturated heterocycles. The van der Waals surface area contributed by atoms with Crippen molar-refractivity contribution in [1.29, 1.82) is 0 Å². The molecule has 0 unspecified atom stereocenters. The molecule has 5 heteroatoms. The molecule has 94 valence electrons. The van der Waals surface area contributed by atoms with Gasteiger partial charge in [-0.05, 0) is 42.5 Å². The molecule has 0 aliphatic rings. The molecule has 4 nitrogen and oxygen atoms in total. The second-order valence-corrected chi connectivity index (χ2v) is 5.46. The van der Waals surface area contributed by atoms with Gasteiger partial charge in [0.15, 0.2) is 5.78 Å². The highest BCUT2D eigenvalue weighted by Crippen LogP contribution is 2.15. The topological polar surface area (TPSA) is 47.8 Å². The van der Waals surface area contributed by atoms with Crippen molar-refractivity contribution in [2.75, 3.05) is 0 Å². The Bertz CT molecular complexity index is 563. The molecule has 2 rings (SSSR count). The van der Waals surface area contributed by atoms with E-state index in [9.17, 15) is 4.79 Å². The number of rotatable bonds is 4. The molecule has 0 fully saturated rings. The van der Waals surface area contributed by atoms with E-state index in [1.54, 1.807) is 4.68 Å². The number of hydrogen-bond acceptors (Lipinski definition) is 3. The lowest BCUT2D eigenvalue weighted by atomic mass is 10.1. The Balaban J connectivity index is 2.22. The van der Waals surface area contributed by atoms with E-state index in [1.807, 2.05) is 38.1 Å². The van der Waals surface area contributed by atoms with Gasteiger partial charge in [-0.15, -0.1) is 0 Å². The number of halogens is 1. The number of nitrogens with zero attached hydrogens (tertiary/aromatic N) is 3. The highest BCUT2D eigenvalue weighted by Gasteiger charge is 2.15. The number of carbonyl (C=O) groups is 1. The first-order valence-electron chi connectivity index (χ1n) is 5.75. The fraction of sp³-hybridized carbons (Fsp3) is 0.308. The van der Waals surface area contributed by atoms with Crippen LogP contribution in [0.3, 0.4) is 0 Å². The third-order valence-electron chi connectivity index (χ3n) is 2.63. The molecule has 0 aliphatic carbocycles. The monoisotopic (exact) mass is 355 g/mol. The first-order valence-corrected chi connectivity index (χ1v) is 6.83. The smallest absolute Gasteiger partial charge is 0.171 e. The summed E-state index contributed by atoms with van der Waals surface area (Å²) in [6, 6.07) is 7.80. The number of benzene rings is 1.